The highest BCUT2D eigenvalue weighted by atomic mass is 16.7. The zero-order valence-corrected chi connectivity index (χ0v) is 15.7. The summed E-state index contributed by atoms with van der Waals surface area (Å²) < 4.78 is 10.7. The first kappa shape index (κ1) is 18.2. The number of benzene rings is 1. The molecule has 4 rings (SSSR count). The highest BCUT2D eigenvalue weighted by Gasteiger charge is 2.41. The van der Waals surface area contributed by atoms with Gasteiger partial charge in [0.2, 0.25) is 18.6 Å². The minimum atomic E-state index is -0.522. The Kier molecular flexibility index (Phi) is 4.81. The van der Waals surface area contributed by atoms with Crippen LogP contribution in [0.15, 0.2) is 54.0 Å². The van der Waals surface area contributed by atoms with Gasteiger partial charge in [-0.2, -0.15) is 0 Å². The number of ether oxygens (including phenoxy) is 2. The summed E-state index contributed by atoms with van der Waals surface area (Å²) in [5.41, 5.74) is 8.71. The molecule has 2 amide bonds. The Hall–Kier alpha value is -3.22. The number of para-hydroxylation sites is 1. The van der Waals surface area contributed by atoms with Crippen LogP contribution in [-0.2, 0) is 19.1 Å². The molecular formula is C21H23N3O4. The summed E-state index contributed by atoms with van der Waals surface area (Å²) in [6.07, 6.45) is 6.86. The van der Waals surface area contributed by atoms with Crippen molar-refractivity contribution in [2.24, 2.45) is 0 Å². The molecule has 0 saturated carbocycles. The Morgan fingerprint density at radius 3 is 2.86 bits per heavy atom. The van der Waals surface area contributed by atoms with Crippen LogP contribution >= 0.6 is 0 Å². The fourth-order valence-corrected chi connectivity index (χ4v) is 3.87. The van der Waals surface area contributed by atoms with Crippen LogP contribution in [0.3, 0.4) is 0 Å². The van der Waals surface area contributed by atoms with Gasteiger partial charge >= 0.3 is 0 Å². The normalized spacial score (nSPS) is 24.6. The van der Waals surface area contributed by atoms with E-state index in [-0.39, 0.29) is 31.2 Å². The molecule has 7 nitrogen and oxygen atoms in total. The molecule has 1 aromatic rings. The van der Waals surface area contributed by atoms with Crippen molar-refractivity contribution in [2.75, 3.05) is 19.1 Å². The number of carbonyl (C=O) groups excluding carboxylic acids is 2. The lowest BCUT2D eigenvalue weighted by Gasteiger charge is -2.43. The van der Waals surface area contributed by atoms with Crippen LogP contribution < -0.4 is 11.1 Å². The number of piperazine rings is 1. The second kappa shape index (κ2) is 7.42. The predicted octanol–water partition coefficient (Wildman–Crippen LogP) is 1.93. The van der Waals surface area contributed by atoms with Gasteiger partial charge in [-0.1, -0.05) is 30.4 Å². The molecular weight excluding hydrogens is 358 g/mol. The first-order valence-corrected chi connectivity index (χ1v) is 9.32. The van der Waals surface area contributed by atoms with Gasteiger partial charge in [0.05, 0.1) is 12.6 Å². The number of nitrogen functional groups attached to an aromatic ring is 1. The second-order valence-corrected chi connectivity index (χ2v) is 7.05. The second-order valence-electron chi connectivity index (χ2n) is 7.05. The maximum atomic E-state index is 12.5. The van der Waals surface area contributed by atoms with Gasteiger partial charge in [-0.15, -0.1) is 0 Å². The molecule has 0 bridgehead atoms. The standard InChI is InChI=1S/C21H23N3O4/c1-13-19(28-12-27-13)8-4-5-15-9-14(16-6-2-3-7-17(16)22)10-18-21(26)23-11-20(25)24(15)18/h2-4,6-9,15,18H,5,10-12,22H2,1H3,(H,23,26)/b8-4-. The lowest BCUT2D eigenvalue weighted by atomic mass is 9.87. The fourth-order valence-electron chi connectivity index (χ4n) is 3.87. The van der Waals surface area contributed by atoms with E-state index < -0.39 is 6.04 Å². The van der Waals surface area contributed by atoms with E-state index in [1.807, 2.05) is 43.3 Å². The van der Waals surface area contributed by atoms with Crippen LogP contribution in [0.2, 0.25) is 0 Å². The van der Waals surface area contributed by atoms with E-state index in [2.05, 4.69) is 11.4 Å². The van der Waals surface area contributed by atoms with Crippen LogP contribution in [0.25, 0.3) is 5.57 Å². The Labute approximate surface area is 163 Å². The van der Waals surface area contributed by atoms with E-state index in [4.69, 9.17) is 15.2 Å². The highest BCUT2D eigenvalue weighted by Crippen LogP contribution is 2.34. The minimum Gasteiger partial charge on any atom is -0.458 e. The summed E-state index contributed by atoms with van der Waals surface area (Å²) in [7, 11) is 0. The number of carbonyl (C=O) groups is 2. The molecule has 1 saturated heterocycles. The van der Waals surface area contributed by atoms with E-state index in [0.717, 1.165) is 16.9 Å². The maximum Gasteiger partial charge on any atom is 0.243 e. The molecule has 0 radical (unpaired) electrons. The summed E-state index contributed by atoms with van der Waals surface area (Å²) in [5, 5.41) is 2.69. The third kappa shape index (κ3) is 3.35. The van der Waals surface area contributed by atoms with E-state index in [9.17, 15) is 9.59 Å². The fraction of sp³-hybridized carbons (Fsp3) is 0.333. The molecule has 3 aliphatic heterocycles. The number of fused-ring (bicyclic) bond motifs is 1. The molecule has 3 aliphatic rings. The van der Waals surface area contributed by atoms with E-state index in [0.29, 0.717) is 24.3 Å². The molecule has 0 aliphatic carbocycles. The number of nitrogens with zero attached hydrogens (tertiary/aromatic N) is 1. The maximum absolute atomic E-state index is 12.5. The van der Waals surface area contributed by atoms with Crippen molar-refractivity contribution in [1.82, 2.24) is 10.2 Å². The molecule has 7 heteroatoms. The number of amides is 2. The van der Waals surface area contributed by atoms with Gasteiger partial charge in [0.1, 0.15) is 11.8 Å². The van der Waals surface area contributed by atoms with Crippen LogP contribution in [0.5, 0.6) is 0 Å². The Balaban J connectivity index is 1.65. The molecule has 0 spiro atoms. The smallest absolute Gasteiger partial charge is 0.243 e. The number of rotatable bonds is 4. The number of hydrogen-bond acceptors (Lipinski definition) is 5. The summed E-state index contributed by atoms with van der Waals surface area (Å²) >= 11 is 0. The molecule has 1 aromatic carbocycles. The van der Waals surface area contributed by atoms with Gasteiger partial charge in [0, 0.05) is 17.7 Å². The first-order valence-electron chi connectivity index (χ1n) is 9.32. The van der Waals surface area contributed by atoms with Crippen molar-refractivity contribution in [3.63, 3.8) is 0 Å². The summed E-state index contributed by atoms with van der Waals surface area (Å²) in [6, 6.07) is 6.84. The SMILES string of the molecule is CC1=C(/C=C\CC2C=C(c3ccccc3N)CC3C(=O)NCC(=O)N23)OCO1. The van der Waals surface area contributed by atoms with E-state index in [1.54, 1.807) is 4.90 Å². The monoisotopic (exact) mass is 381 g/mol. The molecule has 146 valence electrons. The Morgan fingerprint density at radius 2 is 2.11 bits per heavy atom. The zero-order valence-electron chi connectivity index (χ0n) is 15.7. The molecule has 2 atom stereocenters. The van der Waals surface area contributed by atoms with Gasteiger partial charge in [-0.05, 0) is 31.1 Å². The topological polar surface area (TPSA) is 93.9 Å². The number of nitrogens with two attached hydrogens (primary N) is 1. The van der Waals surface area contributed by atoms with Crippen molar-refractivity contribution in [2.45, 2.75) is 31.8 Å². The average Bonchev–Trinajstić information content (AvgIpc) is 3.10. The number of hydrogen-bond donors (Lipinski definition) is 2. The van der Waals surface area contributed by atoms with Crippen molar-refractivity contribution >= 4 is 23.1 Å². The molecule has 28 heavy (non-hydrogen) atoms. The minimum absolute atomic E-state index is 0.0351. The van der Waals surface area contributed by atoms with Crippen LogP contribution in [0, 0.1) is 0 Å². The van der Waals surface area contributed by atoms with Gasteiger partial charge in [0.25, 0.3) is 0 Å². The van der Waals surface area contributed by atoms with Crippen molar-refractivity contribution in [3.8, 4) is 0 Å². The molecule has 3 N–H and O–H groups in total. The molecule has 1 fully saturated rings. The lowest BCUT2D eigenvalue weighted by Crippen LogP contribution is -2.62. The van der Waals surface area contributed by atoms with Gasteiger partial charge in [-0.25, -0.2) is 0 Å². The molecule has 3 heterocycles. The van der Waals surface area contributed by atoms with Crippen molar-refractivity contribution < 1.29 is 19.1 Å². The van der Waals surface area contributed by atoms with E-state index in [1.165, 1.54) is 0 Å². The number of anilines is 1. The van der Waals surface area contributed by atoms with Crippen molar-refractivity contribution in [1.29, 1.82) is 0 Å². The largest absolute Gasteiger partial charge is 0.458 e. The Morgan fingerprint density at radius 1 is 1.29 bits per heavy atom. The Bertz CT molecular complexity index is 903. The van der Waals surface area contributed by atoms with E-state index >= 15 is 0 Å². The van der Waals surface area contributed by atoms with Gasteiger partial charge in [-0.3, -0.25) is 9.59 Å². The van der Waals surface area contributed by atoms with Crippen LogP contribution in [0.4, 0.5) is 5.69 Å². The predicted molar refractivity (Wildman–Crippen MR) is 104 cm³/mol. The highest BCUT2D eigenvalue weighted by molar-refractivity contribution is 5.97. The number of nitrogens with one attached hydrogen (secondary N) is 1. The molecule has 0 aromatic heterocycles. The summed E-state index contributed by atoms with van der Waals surface area (Å²) in [5.74, 6) is 1.22. The quantitative estimate of drug-likeness (QED) is 0.778. The van der Waals surface area contributed by atoms with Gasteiger partial charge in [0.15, 0.2) is 5.76 Å². The first-order chi connectivity index (χ1) is 13.5. The van der Waals surface area contributed by atoms with Gasteiger partial charge < -0.3 is 25.4 Å². The summed E-state index contributed by atoms with van der Waals surface area (Å²) in [6.45, 7) is 2.10. The third-order valence-corrected chi connectivity index (χ3v) is 5.29. The lowest BCUT2D eigenvalue weighted by molar-refractivity contribution is -0.147. The average molecular weight is 381 g/mol. The zero-order chi connectivity index (χ0) is 19.7. The molecule has 2 unspecified atom stereocenters. The van der Waals surface area contributed by atoms with Crippen molar-refractivity contribution in [3.05, 3.63) is 59.6 Å². The third-order valence-electron chi connectivity index (χ3n) is 5.29. The number of allylic oxidation sites excluding steroid dienone is 2. The van der Waals surface area contributed by atoms with Crippen LogP contribution in [-0.4, -0.2) is 42.1 Å². The summed E-state index contributed by atoms with van der Waals surface area (Å²) in [4.78, 5) is 26.7. The van der Waals surface area contributed by atoms with Crippen LogP contribution in [0.1, 0.15) is 25.3 Å².